The van der Waals surface area contributed by atoms with E-state index in [1.807, 2.05) is 0 Å². The topological polar surface area (TPSA) is 87.7 Å². The second-order valence-corrected chi connectivity index (χ2v) is 5.59. The number of anilines is 1. The predicted molar refractivity (Wildman–Crippen MR) is 82.3 cm³/mol. The van der Waals surface area contributed by atoms with E-state index in [2.05, 4.69) is 49.2 Å². The van der Waals surface area contributed by atoms with E-state index in [0.717, 1.165) is 8.04 Å². The van der Waals surface area contributed by atoms with Crippen molar-refractivity contribution in [2.45, 2.75) is 6.04 Å². The first kappa shape index (κ1) is 16.2. The number of aliphatic carboxylic acids is 1. The highest BCUT2D eigenvalue weighted by molar-refractivity contribution is 14.1. The van der Waals surface area contributed by atoms with Crippen LogP contribution in [0.5, 0.6) is 0 Å². The van der Waals surface area contributed by atoms with E-state index in [0.29, 0.717) is 5.69 Å². The Hall–Kier alpha value is -0.870. The number of halogens is 2. The van der Waals surface area contributed by atoms with Gasteiger partial charge in [-0.3, -0.25) is 0 Å². The average Bonchev–Trinajstić information content (AvgIpc) is 2.33. The summed E-state index contributed by atoms with van der Waals surface area (Å²) in [5, 5.41) is 13.7. The zero-order valence-corrected chi connectivity index (χ0v) is 13.7. The van der Waals surface area contributed by atoms with Gasteiger partial charge in [-0.05, 0) is 56.7 Å². The number of carboxylic acid groups (broad SMARTS) is 1. The molecule has 0 saturated carbocycles. The maximum absolute atomic E-state index is 11.6. The number of rotatable bonds is 5. The first-order valence-electron chi connectivity index (χ1n) is 5.18. The fourth-order valence-corrected chi connectivity index (χ4v) is 2.00. The summed E-state index contributed by atoms with van der Waals surface area (Å²) < 4.78 is 6.57. The summed E-state index contributed by atoms with van der Waals surface area (Å²) in [6, 6.07) is 3.58. The van der Waals surface area contributed by atoms with E-state index in [1.165, 1.54) is 7.11 Å². The van der Waals surface area contributed by atoms with Crippen molar-refractivity contribution in [3.05, 3.63) is 26.2 Å². The number of urea groups is 1. The number of hydrogen-bond acceptors (Lipinski definition) is 3. The Morgan fingerprint density at radius 2 is 2.21 bits per heavy atom. The number of carboxylic acids is 1. The molecule has 0 aromatic heterocycles. The van der Waals surface area contributed by atoms with E-state index in [-0.39, 0.29) is 6.61 Å². The molecule has 0 fully saturated rings. The minimum atomic E-state index is -1.15. The summed E-state index contributed by atoms with van der Waals surface area (Å²) in [4.78, 5) is 22.5. The Morgan fingerprint density at radius 1 is 1.53 bits per heavy atom. The van der Waals surface area contributed by atoms with Crippen LogP contribution < -0.4 is 10.6 Å². The number of hydrogen-bond donors (Lipinski definition) is 3. The normalized spacial score (nSPS) is 11.7. The molecule has 0 aliphatic carbocycles. The number of methoxy groups -OCH3 is 1. The lowest BCUT2D eigenvalue weighted by Gasteiger charge is -2.14. The molecule has 0 aliphatic heterocycles. The molecule has 0 spiro atoms. The Labute approximate surface area is 132 Å². The molecular weight excluding hydrogens is 431 g/mol. The van der Waals surface area contributed by atoms with Crippen LogP contribution in [0.25, 0.3) is 0 Å². The van der Waals surface area contributed by atoms with Gasteiger partial charge in [-0.25, -0.2) is 9.59 Å². The summed E-state index contributed by atoms with van der Waals surface area (Å²) in [6.45, 7) is -0.0966. The number of ether oxygens (including phenoxy) is 1. The van der Waals surface area contributed by atoms with Crippen LogP contribution in [0.3, 0.4) is 0 Å². The molecule has 0 saturated heterocycles. The molecule has 0 bridgehead atoms. The number of amides is 2. The SMILES string of the molecule is COCC(NC(=O)Nc1ccc(Br)c(I)c1)C(=O)O. The van der Waals surface area contributed by atoms with Crippen LogP contribution in [0.15, 0.2) is 22.7 Å². The van der Waals surface area contributed by atoms with Gasteiger partial charge in [0.1, 0.15) is 0 Å². The van der Waals surface area contributed by atoms with Gasteiger partial charge in [-0.2, -0.15) is 0 Å². The molecule has 0 aliphatic rings. The van der Waals surface area contributed by atoms with Crippen molar-refractivity contribution in [2.75, 3.05) is 19.0 Å². The van der Waals surface area contributed by atoms with Gasteiger partial charge in [-0.1, -0.05) is 0 Å². The summed E-state index contributed by atoms with van der Waals surface area (Å²) in [7, 11) is 1.37. The average molecular weight is 443 g/mol. The minimum Gasteiger partial charge on any atom is -0.480 e. The second-order valence-electron chi connectivity index (χ2n) is 3.57. The minimum absolute atomic E-state index is 0.0966. The number of carbonyl (C=O) groups is 2. The van der Waals surface area contributed by atoms with Crippen LogP contribution >= 0.6 is 38.5 Å². The van der Waals surface area contributed by atoms with Gasteiger partial charge in [0.25, 0.3) is 0 Å². The van der Waals surface area contributed by atoms with Gasteiger partial charge in [0.2, 0.25) is 0 Å². The highest BCUT2D eigenvalue weighted by atomic mass is 127. The zero-order valence-electron chi connectivity index (χ0n) is 9.94. The van der Waals surface area contributed by atoms with E-state index in [1.54, 1.807) is 18.2 Å². The van der Waals surface area contributed by atoms with Gasteiger partial charge < -0.3 is 20.5 Å². The molecule has 1 aromatic rings. The Bertz CT molecular complexity index is 484. The van der Waals surface area contributed by atoms with Crippen molar-refractivity contribution in [2.24, 2.45) is 0 Å². The maximum Gasteiger partial charge on any atom is 0.328 e. The number of carbonyl (C=O) groups excluding carboxylic acids is 1. The molecule has 1 rings (SSSR count). The smallest absolute Gasteiger partial charge is 0.328 e. The summed E-state index contributed by atoms with van der Waals surface area (Å²) in [5.74, 6) is -1.15. The Balaban J connectivity index is 2.63. The molecule has 3 N–H and O–H groups in total. The molecule has 19 heavy (non-hydrogen) atoms. The van der Waals surface area contributed by atoms with Crippen molar-refractivity contribution in [3.8, 4) is 0 Å². The van der Waals surface area contributed by atoms with Crippen LogP contribution in [0, 0.1) is 3.57 Å². The quantitative estimate of drug-likeness (QED) is 0.610. The van der Waals surface area contributed by atoms with Gasteiger partial charge in [0, 0.05) is 20.8 Å². The van der Waals surface area contributed by atoms with Crippen LogP contribution in [-0.2, 0) is 9.53 Å². The standard InChI is InChI=1S/C11H12BrIN2O4/c1-19-5-9(10(16)17)15-11(18)14-6-2-3-7(12)8(13)4-6/h2-4,9H,5H2,1H3,(H,16,17)(H2,14,15,18). The lowest BCUT2D eigenvalue weighted by atomic mass is 10.3. The van der Waals surface area contributed by atoms with E-state index in [9.17, 15) is 9.59 Å². The molecule has 104 valence electrons. The Morgan fingerprint density at radius 3 is 2.74 bits per heavy atom. The molecular formula is C11H12BrIN2O4. The predicted octanol–water partition coefficient (Wildman–Crippen LogP) is 2.27. The van der Waals surface area contributed by atoms with Crippen molar-refractivity contribution >= 4 is 56.2 Å². The first-order valence-corrected chi connectivity index (χ1v) is 7.05. The van der Waals surface area contributed by atoms with E-state index < -0.39 is 18.0 Å². The Kier molecular flexibility index (Phi) is 6.52. The summed E-state index contributed by atoms with van der Waals surface area (Å²) in [6.07, 6.45) is 0. The lowest BCUT2D eigenvalue weighted by Crippen LogP contribution is -2.45. The maximum atomic E-state index is 11.6. The van der Waals surface area contributed by atoms with Crippen molar-refractivity contribution in [1.29, 1.82) is 0 Å². The third-order valence-electron chi connectivity index (χ3n) is 2.11. The third kappa shape index (κ3) is 5.33. The van der Waals surface area contributed by atoms with Gasteiger partial charge in [0.15, 0.2) is 6.04 Å². The molecule has 8 heteroatoms. The molecule has 6 nitrogen and oxygen atoms in total. The summed E-state index contributed by atoms with van der Waals surface area (Å²) >= 11 is 5.46. The molecule has 2 amide bonds. The second kappa shape index (κ2) is 7.65. The highest BCUT2D eigenvalue weighted by Crippen LogP contribution is 2.22. The van der Waals surface area contributed by atoms with Crippen LogP contribution in [-0.4, -0.2) is 36.9 Å². The zero-order chi connectivity index (χ0) is 14.4. The number of benzene rings is 1. The fraction of sp³-hybridized carbons (Fsp3) is 0.273. The van der Waals surface area contributed by atoms with Crippen LogP contribution in [0.4, 0.5) is 10.5 Å². The van der Waals surface area contributed by atoms with Gasteiger partial charge in [0.05, 0.1) is 6.61 Å². The molecule has 0 radical (unpaired) electrons. The third-order valence-corrected chi connectivity index (χ3v) is 4.44. The van der Waals surface area contributed by atoms with Gasteiger partial charge in [-0.15, -0.1) is 0 Å². The number of nitrogens with one attached hydrogen (secondary N) is 2. The highest BCUT2D eigenvalue weighted by Gasteiger charge is 2.19. The monoisotopic (exact) mass is 442 g/mol. The molecule has 0 heterocycles. The molecule has 1 aromatic carbocycles. The summed E-state index contributed by atoms with van der Waals surface area (Å²) in [5.41, 5.74) is 0.576. The van der Waals surface area contributed by atoms with Crippen molar-refractivity contribution in [3.63, 3.8) is 0 Å². The lowest BCUT2D eigenvalue weighted by molar-refractivity contribution is -0.140. The van der Waals surface area contributed by atoms with E-state index in [4.69, 9.17) is 9.84 Å². The fourth-order valence-electron chi connectivity index (χ4n) is 1.24. The first-order chi connectivity index (χ1) is 8.93. The van der Waals surface area contributed by atoms with Crippen molar-refractivity contribution in [1.82, 2.24) is 5.32 Å². The molecule has 1 unspecified atom stereocenters. The van der Waals surface area contributed by atoms with Crippen LogP contribution in [0.2, 0.25) is 0 Å². The van der Waals surface area contributed by atoms with Crippen molar-refractivity contribution < 1.29 is 19.4 Å². The van der Waals surface area contributed by atoms with Crippen LogP contribution in [0.1, 0.15) is 0 Å². The molecule has 1 atom stereocenters. The van der Waals surface area contributed by atoms with E-state index >= 15 is 0 Å². The van der Waals surface area contributed by atoms with Gasteiger partial charge >= 0.3 is 12.0 Å². The largest absolute Gasteiger partial charge is 0.480 e.